The molecule has 1 aromatic heterocycles. The van der Waals surface area contributed by atoms with E-state index < -0.39 is 0 Å². The van der Waals surface area contributed by atoms with Gasteiger partial charge >= 0.3 is 0 Å². The van der Waals surface area contributed by atoms with Crippen LogP contribution >= 0.6 is 0 Å². The first-order chi connectivity index (χ1) is 5.65. The molecule has 1 unspecified atom stereocenters. The van der Waals surface area contributed by atoms with Crippen LogP contribution in [-0.4, -0.2) is 9.97 Å². The molecule has 0 saturated carbocycles. The number of aromatic nitrogens is 2. The van der Waals surface area contributed by atoms with E-state index in [-0.39, 0.29) is 0 Å². The van der Waals surface area contributed by atoms with Crippen molar-refractivity contribution in [3.8, 4) is 0 Å². The van der Waals surface area contributed by atoms with E-state index in [0.717, 1.165) is 12.1 Å². The Labute approximate surface area is 73.0 Å². The molecule has 0 fully saturated rings. The Morgan fingerprint density at radius 3 is 2.75 bits per heavy atom. The standard InChI is InChI=1S/C9H15N3/c1-4-6(2)8-5-11-9(10)12-7(8)3/h5-6H,4H2,1-3H3,(H2,10,11,12). The molecule has 1 rings (SSSR count). The normalized spacial score (nSPS) is 12.9. The Bertz CT molecular complexity index is 270. The van der Waals surface area contributed by atoms with E-state index >= 15 is 0 Å². The van der Waals surface area contributed by atoms with Crippen molar-refractivity contribution < 1.29 is 0 Å². The summed E-state index contributed by atoms with van der Waals surface area (Å²) in [5.74, 6) is 0.880. The van der Waals surface area contributed by atoms with Gasteiger partial charge in [-0.1, -0.05) is 13.8 Å². The molecule has 1 heterocycles. The van der Waals surface area contributed by atoms with Crippen molar-refractivity contribution in [1.29, 1.82) is 0 Å². The van der Waals surface area contributed by atoms with Crippen LogP contribution in [0.25, 0.3) is 0 Å². The van der Waals surface area contributed by atoms with Crippen LogP contribution in [-0.2, 0) is 0 Å². The molecule has 0 amide bonds. The minimum atomic E-state index is 0.361. The summed E-state index contributed by atoms with van der Waals surface area (Å²) in [5, 5.41) is 0. The summed E-state index contributed by atoms with van der Waals surface area (Å²) in [5.41, 5.74) is 7.64. The summed E-state index contributed by atoms with van der Waals surface area (Å²) in [7, 11) is 0. The molecule has 0 bridgehead atoms. The number of nitrogens with zero attached hydrogens (tertiary/aromatic N) is 2. The molecular formula is C9H15N3. The molecule has 0 saturated heterocycles. The lowest BCUT2D eigenvalue weighted by atomic mass is 9.99. The maximum Gasteiger partial charge on any atom is 0.220 e. The maximum atomic E-state index is 5.45. The van der Waals surface area contributed by atoms with Crippen LogP contribution in [0.2, 0.25) is 0 Å². The van der Waals surface area contributed by atoms with Crippen LogP contribution in [0, 0.1) is 6.92 Å². The van der Waals surface area contributed by atoms with Crippen molar-refractivity contribution in [2.75, 3.05) is 5.73 Å². The molecule has 1 aromatic rings. The lowest BCUT2D eigenvalue weighted by molar-refractivity contribution is 0.717. The number of aryl methyl sites for hydroxylation is 1. The highest BCUT2D eigenvalue weighted by Gasteiger charge is 2.07. The number of nitrogens with two attached hydrogens (primary N) is 1. The Morgan fingerprint density at radius 1 is 1.58 bits per heavy atom. The second-order valence-electron chi connectivity index (χ2n) is 3.08. The van der Waals surface area contributed by atoms with Crippen molar-refractivity contribution in [2.45, 2.75) is 33.1 Å². The van der Waals surface area contributed by atoms with Crippen LogP contribution in [0.15, 0.2) is 6.20 Å². The zero-order valence-electron chi connectivity index (χ0n) is 7.83. The highest BCUT2D eigenvalue weighted by Crippen LogP contribution is 2.20. The van der Waals surface area contributed by atoms with Crippen molar-refractivity contribution in [1.82, 2.24) is 9.97 Å². The van der Waals surface area contributed by atoms with Gasteiger partial charge < -0.3 is 5.73 Å². The molecule has 0 spiro atoms. The zero-order chi connectivity index (χ0) is 9.14. The third-order valence-electron chi connectivity index (χ3n) is 2.18. The quantitative estimate of drug-likeness (QED) is 0.728. The van der Waals surface area contributed by atoms with Crippen LogP contribution in [0.3, 0.4) is 0 Å². The minimum Gasteiger partial charge on any atom is -0.368 e. The maximum absolute atomic E-state index is 5.45. The van der Waals surface area contributed by atoms with Gasteiger partial charge in [0, 0.05) is 11.9 Å². The van der Waals surface area contributed by atoms with Crippen LogP contribution in [0.5, 0.6) is 0 Å². The monoisotopic (exact) mass is 165 g/mol. The first-order valence-electron chi connectivity index (χ1n) is 4.24. The molecule has 0 radical (unpaired) electrons. The first-order valence-corrected chi connectivity index (χ1v) is 4.24. The summed E-state index contributed by atoms with van der Waals surface area (Å²) >= 11 is 0. The fourth-order valence-corrected chi connectivity index (χ4v) is 1.20. The summed E-state index contributed by atoms with van der Waals surface area (Å²) < 4.78 is 0. The second-order valence-corrected chi connectivity index (χ2v) is 3.08. The molecule has 3 nitrogen and oxygen atoms in total. The van der Waals surface area contributed by atoms with Gasteiger partial charge in [0.1, 0.15) is 0 Å². The van der Waals surface area contributed by atoms with E-state index in [4.69, 9.17) is 5.73 Å². The lowest BCUT2D eigenvalue weighted by Crippen LogP contribution is -2.02. The van der Waals surface area contributed by atoms with Crippen molar-refractivity contribution in [2.24, 2.45) is 0 Å². The SMILES string of the molecule is CCC(C)c1cnc(N)nc1C. The van der Waals surface area contributed by atoms with E-state index in [2.05, 4.69) is 23.8 Å². The molecule has 2 N–H and O–H groups in total. The number of hydrogen-bond donors (Lipinski definition) is 1. The van der Waals surface area contributed by atoms with Crippen molar-refractivity contribution in [3.05, 3.63) is 17.5 Å². The highest BCUT2D eigenvalue weighted by molar-refractivity contribution is 5.26. The number of hydrogen-bond acceptors (Lipinski definition) is 3. The molecule has 0 aromatic carbocycles. The van der Waals surface area contributed by atoms with E-state index in [1.165, 1.54) is 5.56 Å². The Kier molecular flexibility index (Phi) is 2.63. The molecule has 0 aliphatic heterocycles. The van der Waals surface area contributed by atoms with Gasteiger partial charge in [0.15, 0.2) is 0 Å². The van der Waals surface area contributed by atoms with Crippen molar-refractivity contribution >= 4 is 5.95 Å². The number of rotatable bonds is 2. The highest BCUT2D eigenvalue weighted by atomic mass is 15.0. The number of anilines is 1. The third kappa shape index (κ3) is 1.72. The molecule has 0 aliphatic carbocycles. The first kappa shape index (κ1) is 8.97. The largest absolute Gasteiger partial charge is 0.368 e. The summed E-state index contributed by atoms with van der Waals surface area (Å²) in [6.45, 7) is 6.29. The van der Waals surface area contributed by atoms with Gasteiger partial charge in [-0.05, 0) is 24.8 Å². The summed E-state index contributed by atoms with van der Waals surface area (Å²) in [4.78, 5) is 8.08. The van der Waals surface area contributed by atoms with E-state index in [1.807, 2.05) is 13.1 Å². The second kappa shape index (κ2) is 3.52. The van der Waals surface area contributed by atoms with Crippen molar-refractivity contribution in [3.63, 3.8) is 0 Å². The summed E-state index contributed by atoms with van der Waals surface area (Å²) in [6, 6.07) is 0. The Morgan fingerprint density at radius 2 is 2.25 bits per heavy atom. The van der Waals surface area contributed by atoms with E-state index in [0.29, 0.717) is 11.9 Å². The average molecular weight is 165 g/mol. The molecule has 1 atom stereocenters. The molecule has 12 heavy (non-hydrogen) atoms. The van der Waals surface area contributed by atoms with Gasteiger partial charge in [0.05, 0.1) is 0 Å². The van der Waals surface area contributed by atoms with Crippen LogP contribution in [0.4, 0.5) is 5.95 Å². The van der Waals surface area contributed by atoms with E-state index in [9.17, 15) is 0 Å². The Hall–Kier alpha value is -1.12. The fraction of sp³-hybridized carbons (Fsp3) is 0.556. The third-order valence-corrected chi connectivity index (χ3v) is 2.18. The van der Waals surface area contributed by atoms with E-state index in [1.54, 1.807) is 0 Å². The smallest absolute Gasteiger partial charge is 0.220 e. The average Bonchev–Trinajstić information content (AvgIpc) is 2.03. The fourth-order valence-electron chi connectivity index (χ4n) is 1.20. The molecule has 0 aliphatic rings. The van der Waals surface area contributed by atoms with Gasteiger partial charge in [0.25, 0.3) is 0 Å². The zero-order valence-corrected chi connectivity index (χ0v) is 7.83. The lowest BCUT2D eigenvalue weighted by Gasteiger charge is -2.10. The number of nitrogen functional groups attached to an aromatic ring is 1. The van der Waals surface area contributed by atoms with Gasteiger partial charge in [-0.3, -0.25) is 0 Å². The van der Waals surface area contributed by atoms with Gasteiger partial charge in [-0.25, -0.2) is 9.97 Å². The molecule has 3 heteroatoms. The van der Waals surface area contributed by atoms with Crippen LogP contribution < -0.4 is 5.73 Å². The van der Waals surface area contributed by atoms with Gasteiger partial charge in [0.2, 0.25) is 5.95 Å². The molecule has 66 valence electrons. The van der Waals surface area contributed by atoms with Gasteiger partial charge in [-0.2, -0.15) is 0 Å². The Balaban J connectivity index is 3.01. The predicted molar refractivity (Wildman–Crippen MR) is 49.9 cm³/mol. The minimum absolute atomic E-state index is 0.361. The van der Waals surface area contributed by atoms with Crippen LogP contribution in [0.1, 0.15) is 37.4 Å². The van der Waals surface area contributed by atoms with Gasteiger partial charge in [-0.15, -0.1) is 0 Å². The predicted octanol–water partition coefficient (Wildman–Crippen LogP) is 1.88. The summed E-state index contributed by atoms with van der Waals surface area (Å²) in [6.07, 6.45) is 2.93. The molecular weight excluding hydrogens is 150 g/mol. The topological polar surface area (TPSA) is 51.8 Å².